The van der Waals surface area contributed by atoms with Crippen LogP contribution in [0.5, 0.6) is 0 Å². The fraction of sp³-hybridized carbons (Fsp3) is 0.923. The van der Waals surface area contributed by atoms with Crippen LogP contribution >= 0.6 is 0 Å². The molecule has 3 heteroatoms. The molecule has 16 heavy (non-hydrogen) atoms. The number of likely N-dealkylation sites (N-methyl/N-ethyl adjacent to an activating group) is 1. The third-order valence-corrected chi connectivity index (χ3v) is 4.40. The Morgan fingerprint density at radius 3 is 2.50 bits per heavy atom. The van der Waals surface area contributed by atoms with Crippen LogP contribution in [-0.2, 0) is 4.79 Å². The fourth-order valence-corrected chi connectivity index (χ4v) is 3.92. The first-order valence-corrected chi connectivity index (χ1v) is 6.20. The van der Waals surface area contributed by atoms with Crippen LogP contribution < -0.4 is 5.32 Å². The number of carbonyl (C=O) groups excluding carboxylic acids is 1. The number of nitrogens with zero attached hydrogens (tertiary/aromatic N) is 1. The molecule has 1 saturated heterocycles. The van der Waals surface area contributed by atoms with Crippen LogP contribution in [0.4, 0.5) is 0 Å². The molecule has 0 spiro atoms. The molecule has 3 nitrogen and oxygen atoms in total. The molecule has 0 aromatic carbocycles. The van der Waals surface area contributed by atoms with Crippen LogP contribution in [0, 0.1) is 16.7 Å². The van der Waals surface area contributed by atoms with Crippen LogP contribution in [0.15, 0.2) is 0 Å². The van der Waals surface area contributed by atoms with Crippen molar-refractivity contribution in [3.63, 3.8) is 0 Å². The van der Waals surface area contributed by atoms with E-state index in [1.807, 2.05) is 7.05 Å². The van der Waals surface area contributed by atoms with E-state index >= 15 is 0 Å². The number of amides is 1. The molecule has 92 valence electrons. The molecular formula is C13H24N2O. The highest BCUT2D eigenvalue weighted by molar-refractivity contribution is 5.78. The lowest BCUT2D eigenvalue weighted by Crippen LogP contribution is -2.45. The van der Waals surface area contributed by atoms with Crippen LogP contribution in [0.1, 0.15) is 34.1 Å². The van der Waals surface area contributed by atoms with Gasteiger partial charge < -0.3 is 5.32 Å². The van der Waals surface area contributed by atoms with E-state index in [-0.39, 0.29) is 11.3 Å². The van der Waals surface area contributed by atoms with Crippen LogP contribution in [0.25, 0.3) is 0 Å². The SMILES string of the molecule is CN1CC(=O)NC2C(C1)C(C)(C)CC2(C)C. The predicted octanol–water partition coefficient (Wildman–Crippen LogP) is 1.49. The van der Waals surface area contributed by atoms with Gasteiger partial charge in [0.25, 0.3) is 0 Å². The van der Waals surface area contributed by atoms with Crippen molar-refractivity contribution in [3.8, 4) is 0 Å². The molecular weight excluding hydrogens is 200 g/mol. The molecule has 1 amide bonds. The quantitative estimate of drug-likeness (QED) is 0.676. The Hall–Kier alpha value is -0.570. The number of nitrogens with one attached hydrogen (secondary N) is 1. The molecule has 0 aromatic rings. The summed E-state index contributed by atoms with van der Waals surface area (Å²) in [5, 5.41) is 3.24. The molecule has 1 aliphatic heterocycles. The third kappa shape index (κ3) is 1.86. The summed E-state index contributed by atoms with van der Waals surface area (Å²) in [4.78, 5) is 13.9. The number of rotatable bonds is 0. The topological polar surface area (TPSA) is 32.3 Å². The van der Waals surface area contributed by atoms with Crippen LogP contribution in [0.3, 0.4) is 0 Å². The first kappa shape index (κ1) is 11.9. The Labute approximate surface area is 98.6 Å². The van der Waals surface area contributed by atoms with Crippen LogP contribution in [-0.4, -0.2) is 37.0 Å². The van der Waals surface area contributed by atoms with Gasteiger partial charge in [0.2, 0.25) is 5.91 Å². The lowest BCUT2D eigenvalue weighted by atomic mass is 9.80. The summed E-state index contributed by atoms with van der Waals surface area (Å²) in [6, 6.07) is 0.333. The molecule has 1 aliphatic carbocycles. The molecule has 2 atom stereocenters. The second-order valence-electron chi connectivity index (χ2n) is 7.00. The van der Waals surface area contributed by atoms with Crippen molar-refractivity contribution in [1.82, 2.24) is 10.2 Å². The van der Waals surface area contributed by atoms with Gasteiger partial charge in [0.05, 0.1) is 6.54 Å². The van der Waals surface area contributed by atoms with Crippen molar-refractivity contribution in [2.75, 3.05) is 20.1 Å². The maximum Gasteiger partial charge on any atom is 0.234 e. The molecule has 2 unspecified atom stereocenters. The van der Waals surface area contributed by atoms with Crippen molar-refractivity contribution < 1.29 is 4.79 Å². The summed E-state index contributed by atoms with van der Waals surface area (Å²) in [5.74, 6) is 0.750. The summed E-state index contributed by atoms with van der Waals surface area (Å²) in [6.45, 7) is 10.8. The third-order valence-electron chi connectivity index (χ3n) is 4.40. The highest BCUT2D eigenvalue weighted by Crippen LogP contribution is 2.53. The minimum Gasteiger partial charge on any atom is -0.351 e. The highest BCUT2D eigenvalue weighted by Gasteiger charge is 2.53. The van der Waals surface area contributed by atoms with Crippen molar-refractivity contribution in [2.24, 2.45) is 16.7 Å². The van der Waals surface area contributed by atoms with Gasteiger partial charge in [0, 0.05) is 12.6 Å². The summed E-state index contributed by atoms with van der Waals surface area (Å²) in [5.41, 5.74) is 0.537. The van der Waals surface area contributed by atoms with Gasteiger partial charge in [-0.25, -0.2) is 0 Å². The van der Waals surface area contributed by atoms with E-state index in [0.29, 0.717) is 23.9 Å². The zero-order valence-corrected chi connectivity index (χ0v) is 11.1. The minimum absolute atomic E-state index is 0.181. The lowest BCUT2D eigenvalue weighted by Gasteiger charge is -2.32. The lowest BCUT2D eigenvalue weighted by molar-refractivity contribution is -0.122. The standard InChI is InChI=1S/C13H24N2O/c1-12(2)8-13(3,4)11-9(12)6-15(5)7-10(16)14-11/h9,11H,6-8H2,1-5H3,(H,14,16). The van der Waals surface area contributed by atoms with E-state index in [1.165, 1.54) is 6.42 Å². The smallest absolute Gasteiger partial charge is 0.234 e. The molecule has 2 fully saturated rings. The summed E-state index contributed by atoms with van der Waals surface area (Å²) in [6.07, 6.45) is 1.18. The summed E-state index contributed by atoms with van der Waals surface area (Å²) < 4.78 is 0. The molecule has 0 aromatic heterocycles. The predicted molar refractivity (Wildman–Crippen MR) is 65.1 cm³/mol. The fourth-order valence-electron chi connectivity index (χ4n) is 3.92. The van der Waals surface area contributed by atoms with Gasteiger partial charge in [-0.1, -0.05) is 27.7 Å². The van der Waals surface area contributed by atoms with E-state index in [2.05, 4.69) is 37.9 Å². The van der Waals surface area contributed by atoms with Gasteiger partial charge in [0.15, 0.2) is 0 Å². The Bertz CT molecular complexity index is 309. The number of fused-ring (bicyclic) bond motifs is 1. The van der Waals surface area contributed by atoms with E-state index in [4.69, 9.17) is 0 Å². The maximum atomic E-state index is 11.8. The van der Waals surface area contributed by atoms with E-state index in [9.17, 15) is 4.79 Å². The largest absolute Gasteiger partial charge is 0.351 e. The molecule has 1 saturated carbocycles. The van der Waals surface area contributed by atoms with Gasteiger partial charge in [-0.3, -0.25) is 9.69 Å². The van der Waals surface area contributed by atoms with Gasteiger partial charge in [-0.2, -0.15) is 0 Å². The molecule has 1 N–H and O–H groups in total. The van der Waals surface area contributed by atoms with Crippen LogP contribution in [0.2, 0.25) is 0 Å². The van der Waals surface area contributed by atoms with Crippen molar-refractivity contribution in [1.29, 1.82) is 0 Å². The van der Waals surface area contributed by atoms with Gasteiger partial charge >= 0.3 is 0 Å². The van der Waals surface area contributed by atoms with Crippen molar-refractivity contribution >= 4 is 5.91 Å². The average Bonchev–Trinajstić information content (AvgIpc) is 2.23. The van der Waals surface area contributed by atoms with Gasteiger partial charge in [-0.15, -0.1) is 0 Å². The van der Waals surface area contributed by atoms with Gasteiger partial charge in [-0.05, 0) is 30.2 Å². The zero-order valence-electron chi connectivity index (χ0n) is 11.1. The number of hydrogen-bond donors (Lipinski definition) is 1. The summed E-state index contributed by atoms with van der Waals surface area (Å²) in [7, 11) is 2.04. The van der Waals surface area contributed by atoms with Crippen molar-refractivity contribution in [3.05, 3.63) is 0 Å². The Morgan fingerprint density at radius 1 is 1.25 bits per heavy atom. The second-order valence-corrected chi connectivity index (χ2v) is 7.00. The van der Waals surface area contributed by atoms with E-state index < -0.39 is 0 Å². The first-order valence-electron chi connectivity index (χ1n) is 6.20. The monoisotopic (exact) mass is 224 g/mol. The zero-order chi connectivity index (χ0) is 12.1. The average molecular weight is 224 g/mol. The van der Waals surface area contributed by atoms with Gasteiger partial charge in [0.1, 0.15) is 0 Å². The molecule has 2 aliphatic rings. The second kappa shape index (κ2) is 3.46. The maximum absolute atomic E-state index is 11.8. The Kier molecular flexibility index (Phi) is 2.57. The minimum atomic E-state index is 0.181. The molecule has 1 heterocycles. The first-order chi connectivity index (χ1) is 7.22. The normalized spacial score (nSPS) is 37.7. The Balaban J connectivity index is 2.32. The Morgan fingerprint density at radius 2 is 1.88 bits per heavy atom. The summed E-state index contributed by atoms with van der Waals surface area (Å²) >= 11 is 0. The number of hydrogen-bond acceptors (Lipinski definition) is 2. The molecule has 0 radical (unpaired) electrons. The molecule has 0 bridgehead atoms. The molecule has 2 rings (SSSR count). The highest BCUT2D eigenvalue weighted by atomic mass is 16.2. The number of carbonyl (C=O) groups is 1. The van der Waals surface area contributed by atoms with Crippen molar-refractivity contribution in [2.45, 2.75) is 40.2 Å². The van der Waals surface area contributed by atoms with E-state index in [0.717, 1.165) is 6.54 Å². The van der Waals surface area contributed by atoms with E-state index in [1.54, 1.807) is 0 Å².